The van der Waals surface area contributed by atoms with Gasteiger partial charge in [-0.15, -0.1) is 0 Å². The summed E-state index contributed by atoms with van der Waals surface area (Å²) < 4.78 is 13.6. The van der Waals surface area contributed by atoms with Crippen LogP contribution in [0.25, 0.3) is 0 Å². The summed E-state index contributed by atoms with van der Waals surface area (Å²) in [5, 5.41) is 4.05. The lowest BCUT2D eigenvalue weighted by molar-refractivity contribution is -0.123. The molecule has 0 radical (unpaired) electrons. The predicted octanol–water partition coefficient (Wildman–Crippen LogP) is 5.62. The minimum Gasteiger partial charge on any atom is -0.487 e. The predicted molar refractivity (Wildman–Crippen MR) is 140 cm³/mol. The monoisotopic (exact) mass is 640 g/mol. The number of amides is 1. The van der Waals surface area contributed by atoms with Crippen LogP contribution in [-0.4, -0.2) is 18.7 Å². The third kappa shape index (κ3) is 6.93. The maximum atomic E-state index is 12.1. The van der Waals surface area contributed by atoms with Crippen molar-refractivity contribution in [2.24, 2.45) is 5.10 Å². The highest BCUT2D eigenvalue weighted by molar-refractivity contribution is 14.1. The highest BCUT2D eigenvalue weighted by Gasteiger charge is 2.09. The molecule has 0 aromatic heterocycles. The maximum Gasteiger partial charge on any atom is 0.277 e. The van der Waals surface area contributed by atoms with E-state index in [4.69, 9.17) is 9.47 Å². The van der Waals surface area contributed by atoms with Gasteiger partial charge in [-0.1, -0.05) is 48.5 Å². The number of hydrogen-bond donors (Lipinski definition) is 1. The minimum atomic E-state index is -0.314. The lowest BCUT2D eigenvalue weighted by Crippen LogP contribution is -2.25. The standard InChI is InChI=1S/C24H22I2N2O3/c1-16-7-6-8-17(2)23(16)31-15-22(29)28-27-13-19-11-20(25)24(21(26)12-19)30-14-18-9-4-3-5-10-18/h3-13H,14-15H2,1-2H3,(H,28,29)/b27-13-. The molecule has 7 heteroatoms. The number of benzene rings is 3. The van der Waals surface area contributed by atoms with E-state index in [9.17, 15) is 4.79 Å². The zero-order valence-electron chi connectivity index (χ0n) is 17.2. The molecule has 0 atom stereocenters. The van der Waals surface area contributed by atoms with Crippen molar-refractivity contribution >= 4 is 57.3 Å². The third-order valence-corrected chi connectivity index (χ3v) is 6.01. The summed E-state index contributed by atoms with van der Waals surface area (Å²) in [6, 6.07) is 19.8. The number of nitrogens with zero attached hydrogens (tertiary/aromatic N) is 1. The number of hydrogen-bond acceptors (Lipinski definition) is 4. The summed E-state index contributed by atoms with van der Waals surface area (Å²) in [4.78, 5) is 12.1. The Morgan fingerprint density at radius 1 is 0.935 bits per heavy atom. The van der Waals surface area contributed by atoms with Gasteiger partial charge in [-0.3, -0.25) is 4.79 Å². The summed E-state index contributed by atoms with van der Waals surface area (Å²) in [5.41, 5.74) is 6.49. The topological polar surface area (TPSA) is 59.9 Å². The fourth-order valence-electron chi connectivity index (χ4n) is 2.90. The van der Waals surface area contributed by atoms with E-state index in [1.54, 1.807) is 6.21 Å². The van der Waals surface area contributed by atoms with Crippen LogP contribution in [0.3, 0.4) is 0 Å². The molecule has 0 saturated carbocycles. The Labute approximate surface area is 209 Å². The van der Waals surface area contributed by atoms with Crippen molar-refractivity contribution in [3.63, 3.8) is 0 Å². The van der Waals surface area contributed by atoms with Crippen LogP contribution in [0.4, 0.5) is 0 Å². The first-order valence-corrected chi connectivity index (χ1v) is 11.8. The molecule has 0 unspecified atom stereocenters. The maximum absolute atomic E-state index is 12.1. The second kappa shape index (κ2) is 11.5. The molecule has 0 heterocycles. The van der Waals surface area contributed by atoms with Crippen LogP contribution < -0.4 is 14.9 Å². The van der Waals surface area contributed by atoms with Gasteiger partial charge < -0.3 is 9.47 Å². The van der Waals surface area contributed by atoms with Gasteiger partial charge in [0, 0.05) is 0 Å². The van der Waals surface area contributed by atoms with E-state index in [0.29, 0.717) is 6.61 Å². The molecule has 1 amide bonds. The SMILES string of the molecule is Cc1cccc(C)c1OCC(=O)N/N=C\c1cc(I)c(OCc2ccccc2)c(I)c1. The molecule has 160 valence electrons. The second-order valence-corrected chi connectivity index (χ2v) is 9.22. The van der Waals surface area contributed by atoms with Gasteiger partial charge in [-0.05, 0) is 93.4 Å². The number of para-hydroxylation sites is 1. The van der Waals surface area contributed by atoms with Crippen molar-refractivity contribution < 1.29 is 14.3 Å². The molecule has 0 saturated heterocycles. The number of nitrogens with one attached hydrogen (secondary N) is 1. The van der Waals surface area contributed by atoms with E-state index >= 15 is 0 Å². The molecule has 3 aromatic carbocycles. The normalized spacial score (nSPS) is 10.8. The highest BCUT2D eigenvalue weighted by Crippen LogP contribution is 2.29. The first-order valence-electron chi connectivity index (χ1n) is 9.60. The Balaban J connectivity index is 1.55. The number of carbonyl (C=O) groups is 1. The fraction of sp³-hybridized carbons (Fsp3) is 0.167. The summed E-state index contributed by atoms with van der Waals surface area (Å²) in [6.45, 7) is 4.32. The van der Waals surface area contributed by atoms with Gasteiger partial charge in [0.25, 0.3) is 5.91 Å². The second-order valence-electron chi connectivity index (χ2n) is 6.89. The van der Waals surface area contributed by atoms with Gasteiger partial charge in [0.05, 0.1) is 13.4 Å². The molecule has 0 fully saturated rings. The minimum absolute atomic E-state index is 0.0929. The summed E-state index contributed by atoms with van der Waals surface area (Å²) in [5.74, 6) is 1.26. The molecular formula is C24H22I2N2O3. The number of carbonyl (C=O) groups excluding carboxylic acids is 1. The Bertz CT molecular complexity index is 1040. The van der Waals surface area contributed by atoms with E-state index in [-0.39, 0.29) is 12.5 Å². The van der Waals surface area contributed by atoms with Crippen LogP contribution >= 0.6 is 45.2 Å². The fourth-order valence-corrected chi connectivity index (χ4v) is 5.02. The Kier molecular flexibility index (Phi) is 8.70. The quantitative estimate of drug-likeness (QED) is 0.198. The van der Waals surface area contributed by atoms with Gasteiger partial charge in [0.15, 0.2) is 6.61 Å². The largest absolute Gasteiger partial charge is 0.487 e. The Morgan fingerprint density at radius 2 is 1.58 bits per heavy atom. The molecule has 31 heavy (non-hydrogen) atoms. The number of rotatable bonds is 8. The van der Waals surface area contributed by atoms with Gasteiger partial charge >= 0.3 is 0 Å². The van der Waals surface area contributed by atoms with Crippen LogP contribution in [0.2, 0.25) is 0 Å². The van der Waals surface area contributed by atoms with Crippen LogP contribution in [0.15, 0.2) is 65.8 Å². The lowest BCUT2D eigenvalue weighted by atomic mass is 10.1. The van der Waals surface area contributed by atoms with Crippen LogP contribution in [0.5, 0.6) is 11.5 Å². The zero-order valence-corrected chi connectivity index (χ0v) is 21.5. The van der Waals surface area contributed by atoms with Crippen molar-refractivity contribution in [2.45, 2.75) is 20.5 Å². The van der Waals surface area contributed by atoms with Crippen LogP contribution in [0, 0.1) is 21.0 Å². The molecule has 1 N–H and O–H groups in total. The van der Waals surface area contributed by atoms with Crippen molar-refractivity contribution in [3.8, 4) is 11.5 Å². The molecular weight excluding hydrogens is 618 g/mol. The van der Waals surface area contributed by atoms with Crippen LogP contribution in [-0.2, 0) is 11.4 Å². The molecule has 0 aliphatic heterocycles. The third-order valence-electron chi connectivity index (χ3n) is 4.41. The van der Waals surface area contributed by atoms with Gasteiger partial charge in [-0.2, -0.15) is 5.10 Å². The molecule has 0 aliphatic rings. The van der Waals surface area contributed by atoms with Crippen LogP contribution in [0.1, 0.15) is 22.3 Å². The van der Waals surface area contributed by atoms with Gasteiger partial charge in [0.1, 0.15) is 18.1 Å². The van der Waals surface area contributed by atoms with Gasteiger partial charge in [0.2, 0.25) is 0 Å². The summed E-state index contributed by atoms with van der Waals surface area (Å²) in [7, 11) is 0. The Morgan fingerprint density at radius 3 is 2.23 bits per heavy atom. The smallest absolute Gasteiger partial charge is 0.277 e. The number of aryl methyl sites for hydroxylation is 2. The number of hydrazone groups is 1. The van der Waals surface area contributed by atoms with Crippen molar-refractivity contribution in [2.75, 3.05) is 6.61 Å². The van der Waals surface area contributed by atoms with E-state index in [0.717, 1.165) is 40.9 Å². The summed E-state index contributed by atoms with van der Waals surface area (Å²) in [6.07, 6.45) is 1.61. The molecule has 0 spiro atoms. The number of halogens is 2. The first kappa shape index (κ1) is 23.5. The average Bonchev–Trinajstić information content (AvgIpc) is 2.73. The lowest BCUT2D eigenvalue weighted by Gasteiger charge is -2.11. The molecule has 0 bridgehead atoms. The zero-order chi connectivity index (χ0) is 22.2. The molecule has 5 nitrogen and oxygen atoms in total. The molecule has 0 aliphatic carbocycles. The highest BCUT2D eigenvalue weighted by atomic mass is 127. The van der Waals surface area contributed by atoms with E-state index < -0.39 is 0 Å². The first-order chi connectivity index (χ1) is 14.9. The van der Waals surface area contributed by atoms with E-state index in [1.807, 2.05) is 74.5 Å². The summed E-state index contributed by atoms with van der Waals surface area (Å²) >= 11 is 4.49. The van der Waals surface area contributed by atoms with E-state index in [2.05, 4.69) is 55.7 Å². The molecule has 3 rings (SSSR count). The van der Waals surface area contributed by atoms with Crippen molar-refractivity contribution in [1.82, 2.24) is 5.43 Å². The van der Waals surface area contributed by atoms with E-state index in [1.165, 1.54) is 0 Å². The van der Waals surface area contributed by atoms with Crippen molar-refractivity contribution in [3.05, 3.63) is 90.1 Å². The Hall–Kier alpha value is -2.14. The number of ether oxygens (including phenoxy) is 2. The average molecular weight is 640 g/mol. The van der Waals surface area contributed by atoms with Gasteiger partial charge in [-0.25, -0.2) is 5.43 Å². The van der Waals surface area contributed by atoms with Crippen molar-refractivity contribution in [1.29, 1.82) is 0 Å². The molecule has 3 aromatic rings.